The number of nitrogens with zero attached hydrogens (tertiary/aromatic N) is 5. The molecule has 2 aromatic heterocycles. The monoisotopic (exact) mass is 477 g/mol. The first-order valence-corrected chi connectivity index (χ1v) is 12.0. The third kappa shape index (κ3) is 4.62. The summed E-state index contributed by atoms with van der Waals surface area (Å²) in [4.78, 5) is 17.4. The highest BCUT2D eigenvalue weighted by Gasteiger charge is 2.23. The standard InChI is InChI=1S/C25H24FN5O2S/c1-29-12-14-30(15-13-29)24(32)21-6-3-2-5-18(21)17-34-25-28-27-23(22-7-4-16-33-22)31(25)20-10-8-19(26)9-11-20/h2-11,16H,12-15,17H2,1H3. The van der Waals surface area contributed by atoms with Crippen molar-refractivity contribution in [2.24, 2.45) is 0 Å². The van der Waals surface area contributed by atoms with Gasteiger partial charge in [0.1, 0.15) is 5.82 Å². The van der Waals surface area contributed by atoms with Crippen LogP contribution in [0, 0.1) is 5.82 Å². The molecule has 0 radical (unpaired) electrons. The zero-order valence-electron chi connectivity index (χ0n) is 18.7. The number of furan rings is 1. The van der Waals surface area contributed by atoms with Crippen LogP contribution in [-0.2, 0) is 5.75 Å². The highest BCUT2D eigenvalue weighted by atomic mass is 32.2. The molecule has 3 heterocycles. The molecule has 0 spiro atoms. The Kier molecular flexibility index (Phi) is 6.46. The van der Waals surface area contributed by atoms with Crippen molar-refractivity contribution >= 4 is 17.7 Å². The van der Waals surface area contributed by atoms with Gasteiger partial charge in [-0.3, -0.25) is 9.36 Å². The largest absolute Gasteiger partial charge is 0.461 e. The molecule has 1 aliphatic rings. The molecule has 7 nitrogen and oxygen atoms in total. The van der Waals surface area contributed by atoms with Crippen molar-refractivity contribution in [3.05, 3.63) is 83.9 Å². The molecule has 1 aliphatic heterocycles. The molecular weight excluding hydrogens is 453 g/mol. The zero-order valence-corrected chi connectivity index (χ0v) is 19.5. The lowest BCUT2D eigenvalue weighted by atomic mass is 10.1. The third-order valence-electron chi connectivity index (χ3n) is 5.85. The van der Waals surface area contributed by atoms with E-state index < -0.39 is 0 Å². The fourth-order valence-electron chi connectivity index (χ4n) is 3.93. The molecule has 0 atom stereocenters. The van der Waals surface area contributed by atoms with Gasteiger partial charge in [0.2, 0.25) is 5.82 Å². The Morgan fingerprint density at radius 2 is 1.76 bits per heavy atom. The van der Waals surface area contributed by atoms with Crippen LogP contribution >= 0.6 is 11.8 Å². The Morgan fingerprint density at radius 1 is 1.00 bits per heavy atom. The number of rotatable bonds is 6. The number of aromatic nitrogens is 3. The summed E-state index contributed by atoms with van der Waals surface area (Å²) in [6, 6.07) is 17.5. The van der Waals surface area contributed by atoms with Crippen molar-refractivity contribution in [3.63, 3.8) is 0 Å². The minimum absolute atomic E-state index is 0.0561. The average Bonchev–Trinajstić information content (AvgIpc) is 3.54. The number of thioether (sulfide) groups is 1. The highest BCUT2D eigenvalue weighted by Crippen LogP contribution is 2.31. The summed E-state index contributed by atoms with van der Waals surface area (Å²) in [7, 11) is 2.07. The zero-order chi connectivity index (χ0) is 23.5. The Balaban J connectivity index is 1.42. The highest BCUT2D eigenvalue weighted by molar-refractivity contribution is 7.98. The molecule has 5 rings (SSSR count). The Morgan fingerprint density at radius 3 is 2.50 bits per heavy atom. The fraction of sp³-hybridized carbons (Fsp3) is 0.240. The van der Waals surface area contributed by atoms with Gasteiger partial charge in [0.05, 0.1) is 12.0 Å². The summed E-state index contributed by atoms with van der Waals surface area (Å²) >= 11 is 1.47. The molecule has 0 bridgehead atoms. The number of halogens is 1. The lowest BCUT2D eigenvalue weighted by Gasteiger charge is -2.32. The summed E-state index contributed by atoms with van der Waals surface area (Å²) in [6.07, 6.45) is 1.58. The summed E-state index contributed by atoms with van der Waals surface area (Å²) in [5.74, 6) is 1.37. The molecular formula is C25H24FN5O2S. The van der Waals surface area contributed by atoms with Gasteiger partial charge in [0.15, 0.2) is 10.9 Å². The average molecular weight is 478 g/mol. The van der Waals surface area contributed by atoms with Crippen LogP contribution in [-0.4, -0.2) is 63.7 Å². The van der Waals surface area contributed by atoms with Crippen LogP contribution in [0.1, 0.15) is 15.9 Å². The SMILES string of the molecule is CN1CCN(C(=O)c2ccccc2CSc2nnc(-c3ccco3)n2-c2ccc(F)cc2)CC1. The van der Waals surface area contributed by atoms with Crippen molar-refractivity contribution in [2.75, 3.05) is 33.2 Å². The lowest BCUT2D eigenvalue weighted by molar-refractivity contribution is 0.0663. The summed E-state index contributed by atoms with van der Waals surface area (Å²) in [6.45, 7) is 3.20. The van der Waals surface area contributed by atoms with Crippen molar-refractivity contribution in [1.82, 2.24) is 24.6 Å². The second-order valence-electron chi connectivity index (χ2n) is 8.14. The lowest BCUT2D eigenvalue weighted by Crippen LogP contribution is -2.47. The van der Waals surface area contributed by atoms with Gasteiger partial charge in [-0.25, -0.2) is 4.39 Å². The first-order valence-electron chi connectivity index (χ1n) is 11.0. The van der Waals surface area contributed by atoms with Crippen LogP contribution in [0.15, 0.2) is 76.5 Å². The number of hydrogen-bond donors (Lipinski definition) is 0. The van der Waals surface area contributed by atoms with Gasteiger partial charge < -0.3 is 14.2 Å². The number of carbonyl (C=O) groups is 1. The first kappa shape index (κ1) is 22.4. The minimum Gasteiger partial charge on any atom is -0.461 e. The molecule has 1 fully saturated rings. The van der Waals surface area contributed by atoms with Crippen LogP contribution in [0.2, 0.25) is 0 Å². The third-order valence-corrected chi connectivity index (χ3v) is 6.83. The Hall–Kier alpha value is -3.43. The minimum atomic E-state index is -0.318. The van der Waals surface area contributed by atoms with E-state index >= 15 is 0 Å². The van der Waals surface area contributed by atoms with Crippen LogP contribution in [0.4, 0.5) is 4.39 Å². The number of carbonyl (C=O) groups excluding carboxylic acids is 1. The Labute approximate surface area is 201 Å². The quantitative estimate of drug-likeness (QED) is 0.385. The molecule has 0 N–H and O–H groups in total. The summed E-state index contributed by atoms with van der Waals surface area (Å²) in [5.41, 5.74) is 2.37. The topological polar surface area (TPSA) is 67.4 Å². The van der Waals surface area contributed by atoms with Gasteiger partial charge in [0, 0.05) is 37.5 Å². The van der Waals surface area contributed by atoms with Gasteiger partial charge in [-0.2, -0.15) is 0 Å². The maximum atomic E-state index is 13.6. The molecule has 0 unspecified atom stereocenters. The second-order valence-corrected chi connectivity index (χ2v) is 9.08. The predicted molar refractivity (Wildman–Crippen MR) is 128 cm³/mol. The van der Waals surface area contributed by atoms with Crippen molar-refractivity contribution in [1.29, 1.82) is 0 Å². The van der Waals surface area contributed by atoms with E-state index in [0.29, 0.717) is 28.1 Å². The first-order chi connectivity index (χ1) is 16.6. The number of hydrogen-bond acceptors (Lipinski definition) is 6. The molecule has 1 saturated heterocycles. The molecule has 1 amide bonds. The van der Waals surface area contributed by atoms with Crippen LogP contribution < -0.4 is 0 Å². The van der Waals surface area contributed by atoms with E-state index in [1.807, 2.05) is 39.8 Å². The van der Waals surface area contributed by atoms with Crippen molar-refractivity contribution < 1.29 is 13.6 Å². The van der Waals surface area contributed by atoms with Crippen LogP contribution in [0.3, 0.4) is 0 Å². The van der Waals surface area contributed by atoms with Crippen LogP contribution in [0.25, 0.3) is 17.3 Å². The van der Waals surface area contributed by atoms with Crippen LogP contribution in [0.5, 0.6) is 0 Å². The maximum Gasteiger partial charge on any atom is 0.254 e. The molecule has 0 aliphatic carbocycles. The number of benzene rings is 2. The second kappa shape index (κ2) is 9.82. The van der Waals surface area contributed by atoms with E-state index in [-0.39, 0.29) is 11.7 Å². The predicted octanol–water partition coefficient (Wildman–Crippen LogP) is 4.35. The number of amides is 1. The van der Waals surface area contributed by atoms with E-state index in [1.165, 1.54) is 23.9 Å². The molecule has 34 heavy (non-hydrogen) atoms. The Bertz CT molecular complexity index is 1260. The van der Waals surface area contributed by atoms with E-state index in [2.05, 4.69) is 22.1 Å². The van der Waals surface area contributed by atoms with Crippen molar-refractivity contribution in [3.8, 4) is 17.3 Å². The summed E-state index contributed by atoms with van der Waals surface area (Å²) in [5, 5.41) is 9.34. The smallest absolute Gasteiger partial charge is 0.254 e. The van der Waals surface area contributed by atoms with E-state index in [0.717, 1.165) is 37.4 Å². The molecule has 2 aromatic carbocycles. The fourth-order valence-corrected chi connectivity index (χ4v) is 4.88. The molecule has 9 heteroatoms. The van der Waals surface area contributed by atoms with E-state index in [4.69, 9.17) is 4.42 Å². The van der Waals surface area contributed by atoms with Crippen molar-refractivity contribution in [2.45, 2.75) is 10.9 Å². The normalized spacial score (nSPS) is 14.5. The molecule has 4 aromatic rings. The van der Waals surface area contributed by atoms with Gasteiger partial charge in [-0.1, -0.05) is 30.0 Å². The molecule has 174 valence electrons. The number of piperazine rings is 1. The molecule has 0 saturated carbocycles. The summed E-state index contributed by atoms with van der Waals surface area (Å²) < 4.78 is 21.0. The van der Waals surface area contributed by atoms with E-state index in [1.54, 1.807) is 24.5 Å². The van der Waals surface area contributed by atoms with Gasteiger partial charge in [0.25, 0.3) is 5.91 Å². The van der Waals surface area contributed by atoms with Gasteiger partial charge in [-0.05, 0) is 55.1 Å². The maximum absolute atomic E-state index is 13.6. The van der Waals surface area contributed by atoms with Gasteiger partial charge >= 0.3 is 0 Å². The number of likely N-dealkylation sites (N-methyl/N-ethyl adjacent to an activating group) is 1. The van der Waals surface area contributed by atoms with Gasteiger partial charge in [-0.15, -0.1) is 10.2 Å². The van der Waals surface area contributed by atoms with E-state index in [9.17, 15) is 9.18 Å².